The molecule has 5 nitrogen and oxygen atoms in total. The molecule has 2 aliphatic heterocycles. The van der Waals surface area contributed by atoms with Crippen LogP contribution in [0.1, 0.15) is 25.3 Å². The number of likely N-dealkylation sites (N-methyl/N-ethyl adjacent to an activating group) is 1. The molecule has 110 valence electrons. The summed E-state index contributed by atoms with van der Waals surface area (Å²) < 4.78 is 10.6. The van der Waals surface area contributed by atoms with Crippen molar-refractivity contribution in [3.05, 3.63) is 17.7 Å². The van der Waals surface area contributed by atoms with Gasteiger partial charge in [-0.15, -0.1) is 0 Å². The molecular formula is C15H22N2O3. The Bertz CT molecular complexity index is 478. The van der Waals surface area contributed by atoms with Crippen molar-refractivity contribution >= 4 is 0 Å². The van der Waals surface area contributed by atoms with E-state index in [1.807, 2.05) is 6.07 Å². The van der Waals surface area contributed by atoms with Crippen molar-refractivity contribution in [1.29, 1.82) is 0 Å². The summed E-state index contributed by atoms with van der Waals surface area (Å²) in [4.78, 5) is 2.46. The Morgan fingerprint density at radius 2 is 2.15 bits per heavy atom. The van der Waals surface area contributed by atoms with Crippen molar-refractivity contribution in [3.8, 4) is 17.2 Å². The van der Waals surface area contributed by atoms with Gasteiger partial charge < -0.3 is 24.8 Å². The van der Waals surface area contributed by atoms with Crippen molar-refractivity contribution in [3.63, 3.8) is 0 Å². The van der Waals surface area contributed by atoms with Gasteiger partial charge in [0, 0.05) is 30.8 Å². The topological polar surface area (TPSA) is 54.0 Å². The predicted octanol–water partition coefficient (Wildman–Crippen LogP) is 1.69. The fourth-order valence-corrected chi connectivity index (χ4v) is 2.88. The van der Waals surface area contributed by atoms with Crippen molar-refractivity contribution in [1.82, 2.24) is 10.2 Å². The molecule has 2 heterocycles. The maximum Gasteiger partial charge on any atom is 0.231 e. The Kier molecular flexibility index (Phi) is 3.98. The lowest BCUT2D eigenvalue weighted by Crippen LogP contribution is -2.45. The number of phenols is 1. The molecule has 5 heteroatoms. The second-order valence-electron chi connectivity index (χ2n) is 5.45. The van der Waals surface area contributed by atoms with E-state index in [-0.39, 0.29) is 12.5 Å². The second kappa shape index (κ2) is 5.89. The van der Waals surface area contributed by atoms with Gasteiger partial charge >= 0.3 is 0 Å². The zero-order valence-electron chi connectivity index (χ0n) is 11.9. The first-order chi connectivity index (χ1) is 9.76. The summed E-state index contributed by atoms with van der Waals surface area (Å²) in [6.45, 7) is 6.48. The number of likely N-dealkylation sites (tertiary alicyclic amines) is 1. The summed E-state index contributed by atoms with van der Waals surface area (Å²) in [6.07, 6.45) is 2.43. The van der Waals surface area contributed by atoms with E-state index >= 15 is 0 Å². The molecule has 0 amide bonds. The smallest absolute Gasteiger partial charge is 0.231 e. The van der Waals surface area contributed by atoms with Gasteiger partial charge in [-0.05, 0) is 32.0 Å². The molecule has 3 rings (SSSR count). The minimum atomic E-state index is 0.236. The molecule has 0 saturated carbocycles. The molecule has 1 fully saturated rings. The SMILES string of the molecule is CCN1CCCC(NCc2cc3c(cc2O)OCO3)C1. The predicted molar refractivity (Wildman–Crippen MR) is 76.2 cm³/mol. The third kappa shape index (κ3) is 2.83. The van der Waals surface area contributed by atoms with Gasteiger partial charge in [0.1, 0.15) is 5.75 Å². The van der Waals surface area contributed by atoms with Crippen molar-refractivity contribution in [2.45, 2.75) is 32.4 Å². The monoisotopic (exact) mass is 278 g/mol. The van der Waals surface area contributed by atoms with Gasteiger partial charge in [-0.25, -0.2) is 0 Å². The van der Waals surface area contributed by atoms with Gasteiger partial charge in [0.05, 0.1) is 0 Å². The van der Waals surface area contributed by atoms with E-state index in [4.69, 9.17) is 9.47 Å². The number of ether oxygens (including phenoxy) is 2. The van der Waals surface area contributed by atoms with Crippen molar-refractivity contribution < 1.29 is 14.6 Å². The highest BCUT2D eigenvalue weighted by Crippen LogP contribution is 2.37. The van der Waals surface area contributed by atoms with Crippen LogP contribution in [-0.4, -0.2) is 42.5 Å². The maximum atomic E-state index is 10.0. The number of nitrogens with one attached hydrogen (secondary N) is 1. The first kappa shape index (κ1) is 13.5. The van der Waals surface area contributed by atoms with Gasteiger partial charge in [-0.3, -0.25) is 0 Å². The van der Waals surface area contributed by atoms with Gasteiger partial charge in [0.2, 0.25) is 6.79 Å². The number of hydrogen-bond acceptors (Lipinski definition) is 5. The van der Waals surface area contributed by atoms with Crippen LogP contribution in [0, 0.1) is 0 Å². The van der Waals surface area contributed by atoms with Gasteiger partial charge in [0.25, 0.3) is 0 Å². The van der Waals surface area contributed by atoms with Gasteiger partial charge in [0.15, 0.2) is 11.5 Å². The number of nitrogens with zero attached hydrogens (tertiary/aromatic N) is 1. The molecule has 1 aromatic rings. The third-order valence-electron chi connectivity index (χ3n) is 4.11. The Hall–Kier alpha value is -1.46. The Labute approximate surface area is 119 Å². The van der Waals surface area contributed by atoms with Crippen LogP contribution in [0.25, 0.3) is 0 Å². The molecule has 1 atom stereocenters. The van der Waals surface area contributed by atoms with Crippen LogP contribution < -0.4 is 14.8 Å². The normalized spacial score (nSPS) is 22.1. The number of hydrogen-bond donors (Lipinski definition) is 2. The number of rotatable bonds is 4. The first-order valence-corrected chi connectivity index (χ1v) is 7.33. The van der Waals surface area contributed by atoms with Crippen LogP contribution in [0.4, 0.5) is 0 Å². The minimum absolute atomic E-state index is 0.236. The fraction of sp³-hybridized carbons (Fsp3) is 0.600. The number of benzene rings is 1. The van der Waals surface area contributed by atoms with E-state index in [1.165, 1.54) is 19.4 Å². The van der Waals surface area contributed by atoms with E-state index < -0.39 is 0 Å². The largest absolute Gasteiger partial charge is 0.507 e. The molecule has 20 heavy (non-hydrogen) atoms. The van der Waals surface area contributed by atoms with Crippen LogP contribution in [0.2, 0.25) is 0 Å². The van der Waals surface area contributed by atoms with E-state index in [0.717, 1.165) is 24.4 Å². The summed E-state index contributed by atoms with van der Waals surface area (Å²) in [6, 6.07) is 4.00. The summed E-state index contributed by atoms with van der Waals surface area (Å²) in [5, 5.41) is 13.6. The standard InChI is InChI=1S/C15H22N2O3/c1-2-17-5-3-4-12(9-17)16-8-11-6-14-15(7-13(11)18)20-10-19-14/h6-7,12,16,18H,2-5,8-10H2,1H3. The lowest BCUT2D eigenvalue weighted by molar-refractivity contribution is 0.174. The highest BCUT2D eigenvalue weighted by molar-refractivity contribution is 5.51. The van der Waals surface area contributed by atoms with Crippen LogP contribution in [0.5, 0.6) is 17.2 Å². The lowest BCUT2D eigenvalue weighted by atomic mass is 10.1. The molecule has 0 aliphatic carbocycles. The van der Waals surface area contributed by atoms with E-state index in [0.29, 0.717) is 18.3 Å². The van der Waals surface area contributed by atoms with E-state index in [9.17, 15) is 5.11 Å². The number of phenolic OH excluding ortho intramolecular Hbond substituents is 1. The van der Waals surface area contributed by atoms with E-state index in [2.05, 4.69) is 17.1 Å². The summed E-state index contributed by atoms with van der Waals surface area (Å²) in [5.74, 6) is 1.62. The average Bonchev–Trinajstić information content (AvgIpc) is 2.92. The average molecular weight is 278 g/mol. The quantitative estimate of drug-likeness (QED) is 0.878. The molecule has 2 aliphatic rings. The van der Waals surface area contributed by atoms with Crippen LogP contribution >= 0.6 is 0 Å². The molecule has 2 N–H and O–H groups in total. The Balaban J connectivity index is 1.61. The highest BCUT2D eigenvalue weighted by atomic mass is 16.7. The number of aromatic hydroxyl groups is 1. The lowest BCUT2D eigenvalue weighted by Gasteiger charge is -2.32. The van der Waals surface area contributed by atoms with Crippen molar-refractivity contribution in [2.75, 3.05) is 26.4 Å². The van der Waals surface area contributed by atoms with Crippen LogP contribution in [0.15, 0.2) is 12.1 Å². The Morgan fingerprint density at radius 1 is 1.35 bits per heavy atom. The Morgan fingerprint density at radius 3 is 2.95 bits per heavy atom. The fourth-order valence-electron chi connectivity index (χ4n) is 2.88. The maximum absolute atomic E-state index is 10.0. The zero-order valence-corrected chi connectivity index (χ0v) is 11.9. The molecule has 0 spiro atoms. The van der Waals surface area contributed by atoms with Gasteiger partial charge in [-0.1, -0.05) is 6.92 Å². The zero-order chi connectivity index (χ0) is 13.9. The number of piperidine rings is 1. The molecule has 1 saturated heterocycles. The summed E-state index contributed by atoms with van der Waals surface area (Å²) >= 11 is 0. The minimum Gasteiger partial charge on any atom is -0.507 e. The summed E-state index contributed by atoms with van der Waals surface area (Å²) in [7, 11) is 0. The summed E-state index contributed by atoms with van der Waals surface area (Å²) in [5.41, 5.74) is 0.864. The molecule has 0 aromatic heterocycles. The molecule has 1 aromatic carbocycles. The second-order valence-corrected chi connectivity index (χ2v) is 5.45. The highest BCUT2D eigenvalue weighted by Gasteiger charge is 2.20. The van der Waals surface area contributed by atoms with Crippen LogP contribution in [-0.2, 0) is 6.54 Å². The van der Waals surface area contributed by atoms with E-state index in [1.54, 1.807) is 6.07 Å². The third-order valence-corrected chi connectivity index (χ3v) is 4.11. The molecular weight excluding hydrogens is 256 g/mol. The van der Waals surface area contributed by atoms with Crippen LogP contribution in [0.3, 0.4) is 0 Å². The van der Waals surface area contributed by atoms with Crippen molar-refractivity contribution in [2.24, 2.45) is 0 Å². The molecule has 0 radical (unpaired) electrons. The van der Waals surface area contributed by atoms with Gasteiger partial charge in [-0.2, -0.15) is 0 Å². The first-order valence-electron chi connectivity index (χ1n) is 7.33. The molecule has 1 unspecified atom stereocenters. The molecule has 0 bridgehead atoms. The number of fused-ring (bicyclic) bond motifs is 1.